The first-order chi connectivity index (χ1) is 13.5. The van der Waals surface area contributed by atoms with Gasteiger partial charge >= 0.3 is 5.97 Å². The van der Waals surface area contributed by atoms with Crippen molar-refractivity contribution >= 4 is 35.1 Å². The van der Waals surface area contributed by atoms with Crippen molar-refractivity contribution in [2.45, 2.75) is 19.4 Å². The number of rotatable bonds is 6. The molecule has 1 aliphatic rings. The van der Waals surface area contributed by atoms with Crippen molar-refractivity contribution in [3.8, 4) is 0 Å². The number of nitrogens with one attached hydrogen (secondary N) is 1. The number of hydrogen-bond donors (Lipinski definition) is 1. The highest BCUT2D eigenvalue weighted by molar-refractivity contribution is 6.32. The van der Waals surface area contributed by atoms with Gasteiger partial charge in [0.05, 0.1) is 17.6 Å². The van der Waals surface area contributed by atoms with Crippen LogP contribution in [0, 0.1) is 5.92 Å². The molecule has 1 aliphatic heterocycles. The molecule has 0 radical (unpaired) electrons. The largest absolute Gasteiger partial charge is 0.455 e. The number of benzene rings is 1. The Morgan fingerprint density at radius 2 is 2.04 bits per heavy atom. The first-order valence-corrected chi connectivity index (χ1v) is 9.25. The van der Waals surface area contributed by atoms with Crippen LogP contribution in [0.2, 0.25) is 5.15 Å². The zero-order chi connectivity index (χ0) is 20.1. The molecule has 1 N–H and O–H groups in total. The summed E-state index contributed by atoms with van der Waals surface area (Å²) in [5, 5.41) is 2.67. The summed E-state index contributed by atoms with van der Waals surface area (Å²) in [7, 11) is 0. The van der Waals surface area contributed by atoms with E-state index in [4.69, 9.17) is 16.3 Å². The van der Waals surface area contributed by atoms with Crippen LogP contribution in [-0.4, -0.2) is 40.8 Å². The Bertz CT molecular complexity index is 875. The molecule has 8 heteroatoms. The minimum Gasteiger partial charge on any atom is -0.455 e. The Kier molecular flexibility index (Phi) is 6.26. The highest BCUT2D eigenvalue weighted by atomic mass is 35.5. The van der Waals surface area contributed by atoms with Crippen molar-refractivity contribution in [2.24, 2.45) is 5.92 Å². The van der Waals surface area contributed by atoms with E-state index >= 15 is 0 Å². The molecular weight excluding hydrogens is 382 g/mol. The molecule has 2 atom stereocenters. The van der Waals surface area contributed by atoms with Gasteiger partial charge in [0.25, 0.3) is 5.91 Å². The number of aromatic nitrogens is 1. The maximum Gasteiger partial charge on any atom is 0.311 e. The molecule has 1 saturated heterocycles. The standard InChI is InChI=1S/C20H20ClN3O4/c1-13(14-6-3-2-4-7-14)24-11-15(10-18(24)26)20(27)28-12-17(25)23-16-8-5-9-22-19(16)21/h2-9,13,15H,10-12H2,1H3,(H,23,25)/t13-,15+/m0/s1. The Morgan fingerprint density at radius 1 is 1.29 bits per heavy atom. The molecule has 2 aromatic rings. The molecule has 1 aromatic heterocycles. The molecule has 28 heavy (non-hydrogen) atoms. The zero-order valence-corrected chi connectivity index (χ0v) is 16.1. The van der Waals surface area contributed by atoms with E-state index in [1.54, 1.807) is 17.0 Å². The number of hydrogen-bond acceptors (Lipinski definition) is 5. The third kappa shape index (κ3) is 4.67. The first-order valence-electron chi connectivity index (χ1n) is 8.87. The van der Waals surface area contributed by atoms with Crippen LogP contribution < -0.4 is 5.32 Å². The highest BCUT2D eigenvalue weighted by Crippen LogP contribution is 2.29. The molecule has 0 aliphatic carbocycles. The lowest BCUT2D eigenvalue weighted by molar-refractivity contribution is -0.151. The number of esters is 1. The molecule has 3 rings (SSSR count). The third-order valence-electron chi connectivity index (χ3n) is 4.62. The van der Waals surface area contributed by atoms with Crippen LogP contribution in [0.3, 0.4) is 0 Å². The average molecular weight is 402 g/mol. The van der Waals surface area contributed by atoms with E-state index in [0.29, 0.717) is 5.69 Å². The monoisotopic (exact) mass is 401 g/mol. The number of halogens is 1. The average Bonchev–Trinajstić information content (AvgIpc) is 3.10. The summed E-state index contributed by atoms with van der Waals surface area (Å²) in [5.41, 5.74) is 1.33. The van der Waals surface area contributed by atoms with Crippen LogP contribution >= 0.6 is 11.6 Å². The topological polar surface area (TPSA) is 88.6 Å². The van der Waals surface area contributed by atoms with Gasteiger partial charge in [-0.05, 0) is 24.6 Å². The van der Waals surface area contributed by atoms with E-state index in [1.807, 2.05) is 37.3 Å². The van der Waals surface area contributed by atoms with Gasteiger partial charge in [0.15, 0.2) is 11.8 Å². The molecule has 1 fully saturated rings. The van der Waals surface area contributed by atoms with Crippen molar-refractivity contribution in [2.75, 3.05) is 18.5 Å². The summed E-state index contributed by atoms with van der Waals surface area (Å²) in [6.45, 7) is 1.73. The van der Waals surface area contributed by atoms with Crippen molar-refractivity contribution in [3.63, 3.8) is 0 Å². The fourth-order valence-electron chi connectivity index (χ4n) is 3.10. The quantitative estimate of drug-likeness (QED) is 0.594. The molecular formula is C20H20ClN3O4. The Labute approximate surface area is 167 Å². The molecule has 146 valence electrons. The van der Waals surface area contributed by atoms with Crippen LogP contribution in [0.15, 0.2) is 48.7 Å². The lowest BCUT2D eigenvalue weighted by Gasteiger charge is -2.25. The van der Waals surface area contributed by atoms with Gasteiger partial charge in [-0.25, -0.2) is 4.98 Å². The van der Waals surface area contributed by atoms with Gasteiger partial charge in [0.1, 0.15) is 0 Å². The van der Waals surface area contributed by atoms with Crippen molar-refractivity contribution in [1.29, 1.82) is 0 Å². The van der Waals surface area contributed by atoms with E-state index < -0.39 is 24.4 Å². The normalized spacial score (nSPS) is 17.3. The highest BCUT2D eigenvalue weighted by Gasteiger charge is 2.38. The van der Waals surface area contributed by atoms with Crippen LogP contribution in [0.1, 0.15) is 24.9 Å². The van der Waals surface area contributed by atoms with Crippen molar-refractivity contribution < 1.29 is 19.1 Å². The van der Waals surface area contributed by atoms with Gasteiger partial charge in [-0.15, -0.1) is 0 Å². The summed E-state index contributed by atoms with van der Waals surface area (Å²) < 4.78 is 5.09. The predicted octanol–water partition coefficient (Wildman–Crippen LogP) is 2.83. The zero-order valence-electron chi connectivity index (χ0n) is 15.3. The smallest absolute Gasteiger partial charge is 0.311 e. The summed E-state index contributed by atoms with van der Waals surface area (Å²) in [6, 6.07) is 12.7. The van der Waals surface area contributed by atoms with Crippen LogP contribution in [0.4, 0.5) is 5.69 Å². The van der Waals surface area contributed by atoms with Gasteiger partial charge in [0.2, 0.25) is 5.91 Å². The number of amides is 2. The lowest BCUT2D eigenvalue weighted by atomic mass is 10.1. The molecule has 0 saturated carbocycles. The minimum absolute atomic E-state index is 0.0755. The predicted molar refractivity (Wildman–Crippen MR) is 104 cm³/mol. The molecule has 0 bridgehead atoms. The molecule has 1 aromatic carbocycles. The number of carbonyl (C=O) groups is 3. The SMILES string of the molecule is C[C@@H](c1ccccc1)N1C[C@H](C(=O)OCC(=O)Nc2cccnc2Cl)CC1=O. The lowest BCUT2D eigenvalue weighted by Crippen LogP contribution is -2.30. The summed E-state index contributed by atoms with van der Waals surface area (Å²) in [4.78, 5) is 42.1. The minimum atomic E-state index is -0.589. The van der Waals surface area contributed by atoms with Gasteiger partial charge in [-0.2, -0.15) is 0 Å². The van der Waals surface area contributed by atoms with Gasteiger partial charge in [0, 0.05) is 19.2 Å². The number of carbonyl (C=O) groups excluding carboxylic acids is 3. The Balaban J connectivity index is 1.52. The second kappa shape index (κ2) is 8.84. The van der Waals surface area contributed by atoms with E-state index in [-0.39, 0.29) is 30.1 Å². The molecule has 2 amide bonds. The van der Waals surface area contributed by atoms with E-state index in [1.165, 1.54) is 6.20 Å². The number of anilines is 1. The summed E-state index contributed by atoms with van der Waals surface area (Å²) in [5.74, 6) is -1.79. The molecule has 0 spiro atoms. The fraction of sp³-hybridized carbons (Fsp3) is 0.300. The number of ether oxygens (including phenoxy) is 1. The van der Waals surface area contributed by atoms with Gasteiger partial charge < -0.3 is 15.0 Å². The van der Waals surface area contributed by atoms with Crippen molar-refractivity contribution in [1.82, 2.24) is 9.88 Å². The van der Waals surface area contributed by atoms with E-state index in [0.717, 1.165) is 5.56 Å². The Hall–Kier alpha value is -2.93. The number of likely N-dealkylation sites (tertiary alicyclic amines) is 1. The number of nitrogens with zero attached hydrogens (tertiary/aromatic N) is 2. The maximum absolute atomic E-state index is 12.3. The maximum atomic E-state index is 12.3. The summed E-state index contributed by atoms with van der Waals surface area (Å²) >= 11 is 5.87. The van der Waals surface area contributed by atoms with Crippen LogP contribution in [-0.2, 0) is 19.1 Å². The Morgan fingerprint density at radius 3 is 2.75 bits per heavy atom. The van der Waals surface area contributed by atoms with E-state index in [9.17, 15) is 14.4 Å². The molecule has 2 heterocycles. The second-order valence-electron chi connectivity index (χ2n) is 6.53. The van der Waals surface area contributed by atoms with E-state index in [2.05, 4.69) is 10.3 Å². The van der Waals surface area contributed by atoms with Crippen molar-refractivity contribution in [3.05, 3.63) is 59.4 Å². The number of pyridine rings is 1. The van der Waals surface area contributed by atoms with Gasteiger partial charge in [-0.3, -0.25) is 14.4 Å². The molecule has 0 unspecified atom stereocenters. The van der Waals surface area contributed by atoms with Crippen LogP contribution in [0.25, 0.3) is 0 Å². The first kappa shape index (κ1) is 19.8. The summed E-state index contributed by atoms with van der Waals surface area (Å²) in [6.07, 6.45) is 1.57. The second-order valence-corrected chi connectivity index (χ2v) is 6.89. The fourth-order valence-corrected chi connectivity index (χ4v) is 3.26. The van der Waals surface area contributed by atoms with Gasteiger partial charge in [-0.1, -0.05) is 41.9 Å². The molecule has 7 nitrogen and oxygen atoms in total. The van der Waals surface area contributed by atoms with Crippen LogP contribution in [0.5, 0.6) is 0 Å². The third-order valence-corrected chi connectivity index (χ3v) is 4.92.